The van der Waals surface area contributed by atoms with E-state index >= 15 is 0 Å². The van der Waals surface area contributed by atoms with Gasteiger partial charge in [-0.05, 0) is 147 Å². The van der Waals surface area contributed by atoms with E-state index in [1.54, 1.807) is 64.3 Å². The zero-order valence-corrected chi connectivity index (χ0v) is 81.2. The quantitative estimate of drug-likeness (QED) is 0.0349. The highest BCUT2D eigenvalue weighted by molar-refractivity contribution is 9.11. The van der Waals surface area contributed by atoms with Crippen LogP contribution in [0.5, 0.6) is 46.0 Å². The van der Waals surface area contributed by atoms with Crippen LogP contribution in [-0.4, -0.2) is 190 Å². The number of methoxy groups -OCH3 is 4. The highest BCUT2D eigenvalue weighted by Crippen LogP contribution is 2.76. The third kappa shape index (κ3) is 14.5. The number of ether oxygens (including phenoxy) is 9. The predicted molar refractivity (Wildman–Crippen MR) is 514 cm³/mol. The van der Waals surface area contributed by atoms with Gasteiger partial charge < -0.3 is 93.1 Å². The molecule has 20 atom stereocenters. The maximum Gasteiger partial charge on any atom is 0.306 e. The molecular weight excluding hydrogens is 1920 g/mol. The minimum atomic E-state index is -1.91. The van der Waals surface area contributed by atoms with Crippen molar-refractivity contribution in [3.05, 3.63) is 354 Å². The van der Waals surface area contributed by atoms with Crippen molar-refractivity contribution in [3.63, 3.8) is 0 Å². The molecule has 7 N–H and O–H groups in total. The largest absolute Gasteiger partial charge is 0.495 e. The smallest absolute Gasteiger partial charge is 0.306 e. The van der Waals surface area contributed by atoms with E-state index in [0.717, 1.165) is 59.9 Å². The van der Waals surface area contributed by atoms with Crippen LogP contribution in [0.3, 0.4) is 0 Å². The number of carbonyl (C=O) groups is 2. The molecule has 0 spiro atoms. The average molecular weight is 2030 g/mol. The summed E-state index contributed by atoms with van der Waals surface area (Å²) in [7, 11) is 17.5. The zero-order chi connectivity index (χ0) is 95.9. The highest BCUT2D eigenvalue weighted by Gasteiger charge is 2.82. The van der Waals surface area contributed by atoms with Crippen molar-refractivity contribution in [2.24, 2.45) is 23.7 Å². The number of aliphatic hydroxyl groups excluding tert-OH is 3. The molecule has 29 heteroatoms. The summed E-state index contributed by atoms with van der Waals surface area (Å²) in [6.07, 6.45) is 9.60. The van der Waals surface area contributed by atoms with E-state index in [1.807, 2.05) is 234 Å². The van der Waals surface area contributed by atoms with Gasteiger partial charge in [-0.25, -0.2) is 0 Å². The standard InChI is InChI=1S/C28H29N3O4.C27H27BrN2O5.C27H29BrN2O4.C25H20BrNO5/c1-31(2)14-13-21-24(19-7-5-4-6-8-19)28(20-11-9-18(15-29)10-12-20)27(33,26(21)32)25-22(34-3)16-30-17-23(25)35-28;1-30(2)22(31)13-19-23(16-7-5-4-6-8-16)27(17-9-11-18(28)12-10-17)26(33,25(19)32)24-20(34-3)14-29-15-21(24)35-27;1-30(2)14-13-20-23(17-7-5-4-6-8-17)27(18-9-11-19(28)12-10-18)26(32,25(20)31)24-21(33-3)15-29-16-22(24)34-27;1-30-18-12-27-13-19-22(18)24(29)23-17(11-20(28)31-23)21(14-5-3-2-4-6-14)25(24,32-19)15-7-9-16(26)10-8-15/h4-12,16-17,21,24,26,32-33H,13-14H2,1-3H3;4-12,14-15,19,23,25,32-33H,13H2,1-3H3;4-12,15-16,20,23,25,31-32H,13-14H2,1-3H3;2-10,12-13,17,21,23,29H,11H2,1H3/t21-,24-,26-,27+,28+;19-,23-,25-,26+,27+;20-,23-,25-,26+,27+;17-,21-,23-,24+,25+/m1111/s1. The van der Waals surface area contributed by atoms with Crippen molar-refractivity contribution in [2.75, 3.05) is 83.8 Å². The Morgan fingerprint density at radius 1 is 0.404 bits per heavy atom. The van der Waals surface area contributed by atoms with Gasteiger partial charge in [0, 0.05) is 81.3 Å². The first-order valence-electron chi connectivity index (χ1n) is 45.0. The molecule has 0 bridgehead atoms. The van der Waals surface area contributed by atoms with Gasteiger partial charge in [0.1, 0.15) is 52.1 Å². The maximum absolute atomic E-state index is 13.0. The van der Waals surface area contributed by atoms with Gasteiger partial charge in [0.05, 0.1) is 137 Å². The van der Waals surface area contributed by atoms with E-state index in [2.05, 4.69) is 83.6 Å². The topological polar surface area (TPSA) is 344 Å². The van der Waals surface area contributed by atoms with Gasteiger partial charge in [0.25, 0.3) is 0 Å². The summed E-state index contributed by atoms with van der Waals surface area (Å²) in [5.41, 5.74) is -3.57. The molecule has 5 aliphatic heterocycles. The Morgan fingerprint density at radius 2 is 0.684 bits per heavy atom. The number of aromatic nitrogens is 4. The highest BCUT2D eigenvalue weighted by atomic mass is 79.9. The summed E-state index contributed by atoms with van der Waals surface area (Å²) in [6.45, 7) is 1.49. The number of aliphatic hydroxyl groups is 7. The van der Waals surface area contributed by atoms with Crippen molar-refractivity contribution in [2.45, 2.75) is 119 Å². The van der Waals surface area contributed by atoms with Gasteiger partial charge in [-0.1, -0.05) is 218 Å². The zero-order valence-electron chi connectivity index (χ0n) is 76.4. The average Bonchev–Trinajstić information content (AvgIpc) is 1.48. The van der Waals surface area contributed by atoms with Crippen LogP contribution in [0.4, 0.5) is 0 Å². The third-order valence-corrected chi connectivity index (χ3v) is 30.9. The molecule has 4 aromatic heterocycles. The Bertz CT molecular complexity index is 6450. The lowest BCUT2D eigenvalue weighted by atomic mass is 9.70. The summed E-state index contributed by atoms with van der Waals surface area (Å²) >= 11 is 10.5. The Labute approximate surface area is 813 Å². The summed E-state index contributed by atoms with van der Waals surface area (Å²) in [6, 6.07) is 71.7. The molecule has 4 aliphatic carbocycles. The Balaban J connectivity index is 0.000000121. The van der Waals surface area contributed by atoms with Crippen LogP contribution in [0.25, 0.3) is 0 Å². The van der Waals surface area contributed by atoms with Crippen molar-refractivity contribution in [3.8, 4) is 52.1 Å². The van der Waals surface area contributed by atoms with Crippen LogP contribution < -0.4 is 37.9 Å². The fourth-order valence-electron chi connectivity index (χ4n) is 23.8. The molecule has 8 aromatic carbocycles. The molecule has 5 fully saturated rings. The number of nitriles is 1. The number of fused-ring (bicyclic) bond motifs is 14. The number of amides is 1. The minimum absolute atomic E-state index is 0.0282. The first kappa shape index (κ1) is 94.6. The van der Waals surface area contributed by atoms with E-state index in [1.165, 1.54) is 44.8 Å². The van der Waals surface area contributed by atoms with E-state index < -0.39 is 87.0 Å². The fourth-order valence-corrected chi connectivity index (χ4v) is 24.6. The number of benzene rings is 8. The van der Waals surface area contributed by atoms with Crippen LogP contribution in [0.2, 0.25) is 0 Å². The normalized spacial score (nSPS) is 29.7. The van der Waals surface area contributed by atoms with E-state index in [0.29, 0.717) is 97.8 Å². The van der Waals surface area contributed by atoms with Crippen molar-refractivity contribution in [1.82, 2.24) is 34.6 Å². The van der Waals surface area contributed by atoms with Gasteiger partial charge in [-0.3, -0.25) is 29.5 Å². The Morgan fingerprint density at radius 3 is 0.978 bits per heavy atom. The minimum Gasteiger partial charge on any atom is -0.495 e. The summed E-state index contributed by atoms with van der Waals surface area (Å²) in [5, 5.41) is 96.0. The number of hydrogen-bond acceptors (Lipinski definition) is 25. The number of pyridine rings is 4. The number of rotatable bonds is 20. The third-order valence-electron chi connectivity index (χ3n) is 29.3. The fraction of sp³-hybridized carbons (Fsp3) is 0.336. The second kappa shape index (κ2) is 37.0. The first-order valence-corrected chi connectivity index (χ1v) is 47.3. The molecule has 21 rings (SSSR count). The Kier molecular flexibility index (Phi) is 25.7. The molecule has 4 saturated carbocycles. The molecular formula is C107H105Br3N8O18. The van der Waals surface area contributed by atoms with E-state index in [9.17, 15) is 50.6 Å². The van der Waals surface area contributed by atoms with Gasteiger partial charge >= 0.3 is 5.97 Å². The van der Waals surface area contributed by atoms with Crippen LogP contribution in [0, 0.1) is 35.0 Å². The lowest BCUT2D eigenvalue weighted by Gasteiger charge is -2.41. The van der Waals surface area contributed by atoms with Crippen molar-refractivity contribution in [1.29, 1.82) is 5.26 Å². The SMILES string of the molecule is COc1cncc2c1[C@]1(O)[C@@H]3OC(=O)C[C@@H]3[C@@H](c3ccccc3)[C@]1(c1ccc(Br)cc1)O2.COc1cncc2c1[C@]1(O)[C@H](O)[C@H](CC(=O)N(C)C)[C@@H](c3ccccc3)[C@]1(c1ccc(Br)cc1)O2.COc1cncc2c1[C@]1(O)[C@H](O)[C@H](CCN(C)C)[C@@H](c3ccccc3)[C@]1(c1ccc(Br)cc1)O2.COc1cncc2c1[C@]1(O)[C@H](O)[C@H](CCN(C)C)[C@@H](c3ccccc3)[C@]1(c1ccc(C#N)cc1)O2. The molecule has 9 aliphatic rings. The molecule has 702 valence electrons. The lowest BCUT2D eigenvalue weighted by molar-refractivity contribution is -0.175. The molecule has 12 aromatic rings. The van der Waals surface area contributed by atoms with Crippen LogP contribution in [-0.2, 0) is 59.1 Å². The second-order valence-corrected chi connectivity index (χ2v) is 39.6. The maximum atomic E-state index is 13.0. The monoisotopic (exact) mass is 2030 g/mol. The second-order valence-electron chi connectivity index (χ2n) is 36.8. The number of nitrogens with zero attached hydrogens (tertiary/aromatic N) is 8. The van der Waals surface area contributed by atoms with Crippen molar-refractivity contribution >= 4 is 59.7 Å². The molecule has 0 radical (unpaired) electrons. The molecule has 136 heavy (non-hydrogen) atoms. The molecule has 0 unspecified atom stereocenters. The summed E-state index contributed by atoms with van der Waals surface area (Å²) in [4.78, 5) is 48.1. The summed E-state index contributed by atoms with van der Waals surface area (Å²) in [5.74, 6) is -0.567. The summed E-state index contributed by atoms with van der Waals surface area (Å²) < 4.78 is 57.9. The van der Waals surface area contributed by atoms with E-state index in [4.69, 9.17) is 42.6 Å². The molecule has 1 amide bonds. The van der Waals surface area contributed by atoms with Crippen molar-refractivity contribution < 1.29 is 88.0 Å². The number of halogens is 3. The molecule has 1 saturated heterocycles. The van der Waals surface area contributed by atoms with E-state index in [-0.39, 0.29) is 54.3 Å². The van der Waals surface area contributed by atoms with Gasteiger partial charge in [-0.15, -0.1) is 0 Å². The predicted octanol–water partition coefficient (Wildman–Crippen LogP) is 14.9. The van der Waals surface area contributed by atoms with Gasteiger partial charge in [-0.2, -0.15) is 5.26 Å². The molecule has 26 nitrogen and oxygen atoms in total. The van der Waals surface area contributed by atoms with Crippen LogP contribution in [0.1, 0.15) is 122 Å². The van der Waals surface area contributed by atoms with Crippen LogP contribution in [0.15, 0.2) is 281 Å². The first-order chi connectivity index (χ1) is 65.5. The van der Waals surface area contributed by atoms with Crippen LogP contribution >= 0.6 is 47.8 Å². The number of carbonyl (C=O) groups excluding carboxylic acids is 2. The van der Waals surface area contributed by atoms with Gasteiger partial charge in [0.2, 0.25) is 5.91 Å². The Hall–Kier alpha value is -11.7. The molecule has 9 heterocycles. The number of esters is 1. The van der Waals surface area contributed by atoms with Gasteiger partial charge in [0.15, 0.2) is 44.8 Å². The number of hydrogen-bond donors (Lipinski definition) is 7. The lowest BCUT2D eigenvalue weighted by Crippen LogP contribution is -2.52.